The van der Waals surface area contributed by atoms with E-state index in [-0.39, 0.29) is 19.1 Å². The highest BCUT2D eigenvalue weighted by molar-refractivity contribution is 5.77. The van der Waals surface area contributed by atoms with Crippen molar-refractivity contribution in [2.45, 2.75) is 38.4 Å². The highest BCUT2D eigenvalue weighted by Crippen LogP contribution is 2.30. The average molecular weight is 237 g/mol. The number of aliphatic hydroxyl groups is 1. The van der Waals surface area contributed by atoms with Gasteiger partial charge >= 0.3 is 0 Å². The minimum Gasteiger partial charge on any atom is -0.387 e. The van der Waals surface area contributed by atoms with E-state index >= 15 is 0 Å². The van der Waals surface area contributed by atoms with Gasteiger partial charge in [-0.3, -0.25) is 4.79 Å². The topological polar surface area (TPSA) is 49.8 Å². The molecule has 1 amide bonds. The summed E-state index contributed by atoms with van der Waals surface area (Å²) >= 11 is 0. The Hall–Kier alpha value is -0.750. The van der Waals surface area contributed by atoms with Crippen LogP contribution in [-0.4, -0.2) is 53.7 Å². The lowest BCUT2D eigenvalue weighted by atomic mass is 10.0. The number of amides is 1. The number of piperidine rings is 1. The van der Waals surface area contributed by atoms with Crippen molar-refractivity contribution in [2.75, 3.05) is 19.7 Å². The lowest BCUT2D eigenvalue weighted by Gasteiger charge is -2.38. The highest BCUT2D eigenvalue weighted by atomic mass is 19.3. The first-order chi connectivity index (χ1) is 7.36. The average Bonchev–Trinajstić information content (AvgIpc) is 2.19. The number of hydrogen-bond acceptors (Lipinski definition) is 3. The third-order valence-electron chi connectivity index (χ3n) is 2.46. The number of rotatable bonds is 3. The van der Waals surface area contributed by atoms with Crippen molar-refractivity contribution in [3.05, 3.63) is 0 Å². The van der Waals surface area contributed by atoms with Crippen LogP contribution in [0.2, 0.25) is 0 Å². The number of hydrogen-bond donors (Lipinski definition) is 1. The Kier molecular flexibility index (Phi) is 4.21. The molecule has 0 radical (unpaired) electrons. The van der Waals surface area contributed by atoms with Gasteiger partial charge < -0.3 is 14.7 Å². The number of ether oxygens (including phenoxy) is 1. The molecule has 6 heteroatoms. The number of nitrogens with zero attached hydrogens (tertiary/aromatic N) is 1. The molecule has 0 bridgehead atoms. The summed E-state index contributed by atoms with van der Waals surface area (Å²) < 4.78 is 32.3. The molecule has 1 aliphatic heterocycles. The molecule has 0 unspecified atom stereocenters. The summed E-state index contributed by atoms with van der Waals surface area (Å²) in [6.45, 7) is 2.19. The standard InChI is InChI=1S/C10H17F2NO3/c1-7(2)16-8-3-4-13(9(15)5-14)6-10(8,11)12/h7-8,14H,3-6H2,1-2H3/t8-/m1/s1. The van der Waals surface area contributed by atoms with Crippen LogP contribution < -0.4 is 0 Å². The fourth-order valence-corrected chi connectivity index (χ4v) is 1.73. The maximum Gasteiger partial charge on any atom is 0.290 e. The van der Waals surface area contributed by atoms with Crippen LogP contribution >= 0.6 is 0 Å². The van der Waals surface area contributed by atoms with Gasteiger partial charge in [-0.25, -0.2) is 8.78 Å². The Morgan fingerprint density at radius 3 is 2.69 bits per heavy atom. The van der Waals surface area contributed by atoms with Gasteiger partial charge in [-0.1, -0.05) is 0 Å². The number of halogens is 2. The van der Waals surface area contributed by atoms with Gasteiger partial charge in [0.15, 0.2) is 0 Å². The van der Waals surface area contributed by atoms with Crippen molar-refractivity contribution < 1.29 is 23.4 Å². The van der Waals surface area contributed by atoms with E-state index in [1.54, 1.807) is 13.8 Å². The number of aliphatic hydroxyl groups excluding tert-OH is 1. The molecule has 1 aliphatic rings. The van der Waals surface area contributed by atoms with Crippen LogP contribution in [0.1, 0.15) is 20.3 Å². The third kappa shape index (κ3) is 3.12. The molecular weight excluding hydrogens is 220 g/mol. The van der Waals surface area contributed by atoms with E-state index in [2.05, 4.69) is 0 Å². The Morgan fingerprint density at radius 1 is 1.62 bits per heavy atom. The maximum atomic E-state index is 13.6. The van der Waals surface area contributed by atoms with E-state index < -0.39 is 31.1 Å². The van der Waals surface area contributed by atoms with Crippen LogP contribution in [0.3, 0.4) is 0 Å². The van der Waals surface area contributed by atoms with Crippen LogP contribution in [-0.2, 0) is 9.53 Å². The first-order valence-electron chi connectivity index (χ1n) is 5.28. The summed E-state index contributed by atoms with van der Waals surface area (Å²) in [6, 6.07) is 0. The van der Waals surface area contributed by atoms with Gasteiger partial charge in [-0.05, 0) is 20.3 Å². The van der Waals surface area contributed by atoms with Crippen molar-refractivity contribution >= 4 is 5.91 Å². The van der Waals surface area contributed by atoms with Crippen LogP contribution in [0.5, 0.6) is 0 Å². The molecule has 1 saturated heterocycles. The second-order valence-corrected chi connectivity index (χ2v) is 4.20. The largest absolute Gasteiger partial charge is 0.387 e. The molecule has 0 saturated carbocycles. The molecule has 16 heavy (non-hydrogen) atoms. The molecule has 1 N–H and O–H groups in total. The predicted octanol–water partition coefficient (Wildman–Crippen LogP) is 0.640. The second-order valence-electron chi connectivity index (χ2n) is 4.20. The van der Waals surface area contributed by atoms with Gasteiger partial charge in [0.1, 0.15) is 12.7 Å². The number of carbonyl (C=O) groups excluding carboxylic acids is 1. The summed E-state index contributed by atoms with van der Waals surface area (Å²) in [4.78, 5) is 12.1. The molecule has 4 nitrogen and oxygen atoms in total. The fraction of sp³-hybridized carbons (Fsp3) is 0.900. The van der Waals surface area contributed by atoms with Crippen LogP contribution in [0.4, 0.5) is 8.78 Å². The normalized spacial score (nSPS) is 24.9. The smallest absolute Gasteiger partial charge is 0.290 e. The predicted molar refractivity (Wildman–Crippen MR) is 53.2 cm³/mol. The third-order valence-corrected chi connectivity index (χ3v) is 2.46. The van der Waals surface area contributed by atoms with Gasteiger partial charge in [0.25, 0.3) is 5.92 Å². The Balaban J connectivity index is 2.61. The van der Waals surface area contributed by atoms with E-state index in [1.807, 2.05) is 0 Å². The van der Waals surface area contributed by atoms with E-state index in [9.17, 15) is 13.6 Å². The maximum absolute atomic E-state index is 13.6. The molecule has 1 rings (SSSR count). The van der Waals surface area contributed by atoms with Gasteiger partial charge in [0.05, 0.1) is 12.6 Å². The lowest BCUT2D eigenvalue weighted by molar-refractivity contribution is -0.190. The van der Waals surface area contributed by atoms with Gasteiger partial charge in [0, 0.05) is 6.54 Å². The second kappa shape index (κ2) is 5.05. The van der Waals surface area contributed by atoms with Crippen LogP contribution in [0.15, 0.2) is 0 Å². The summed E-state index contributed by atoms with van der Waals surface area (Å²) in [7, 11) is 0. The Labute approximate surface area is 93.2 Å². The minimum atomic E-state index is -3.05. The molecule has 1 fully saturated rings. The number of likely N-dealkylation sites (tertiary alicyclic amines) is 1. The molecule has 1 atom stereocenters. The molecular formula is C10H17F2NO3. The zero-order valence-corrected chi connectivity index (χ0v) is 9.45. The molecule has 1 heterocycles. The van der Waals surface area contributed by atoms with E-state index in [1.165, 1.54) is 0 Å². The van der Waals surface area contributed by atoms with Gasteiger partial charge in [0.2, 0.25) is 5.91 Å². The highest BCUT2D eigenvalue weighted by Gasteiger charge is 2.46. The summed E-state index contributed by atoms with van der Waals surface area (Å²) in [6.07, 6.45) is -1.32. The summed E-state index contributed by atoms with van der Waals surface area (Å²) in [5.41, 5.74) is 0. The van der Waals surface area contributed by atoms with Crippen molar-refractivity contribution in [2.24, 2.45) is 0 Å². The molecule has 0 spiro atoms. The molecule has 0 aromatic rings. The molecule has 0 aliphatic carbocycles. The van der Waals surface area contributed by atoms with E-state index in [0.717, 1.165) is 4.90 Å². The van der Waals surface area contributed by atoms with Crippen molar-refractivity contribution in [3.63, 3.8) is 0 Å². The number of carbonyl (C=O) groups is 1. The van der Waals surface area contributed by atoms with Crippen molar-refractivity contribution in [3.8, 4) is 0 Å². The monoisotopic (exact) mass is 237 g/mol. The Bertz CT molecular complexity index is 258. The molecule has 0 aromatic carbocycles. The van der Waals surface area contributed by atoms with Gasteiger partial charge in [-0.2, -0.15) is 0 Å². The molecule has 94 valence electrons. The van der Waals surface area contributed by atoms with Crippen molar-refractivity contribution in [1.29, 1.82) is 0 Å². The van der Waals surface area contributed by atoms with E-state index in [0.29, 0.717) is 0 Å². The van der Waals surface area contributed by atoms with Crippen molar-refractivity contribution in [1.82, 2.24) is 4.90 Å². The minimum absolute atomic E-state index is 0.0942. The molecule has 0 aromatic heterocycles. The first kappa shape index (κ1) is 13.3. The first-order valence-corrected chi connectivity index (χ1v) is 5.28. The quantitative estimate of drug-likeness (QED) is 0.783. The van der Waals surface area contributed by atoms with Gasteiger partial charge in [-0.15, -0.1) is 0 Å². The number of alkyl halides is 2. The zero-order valence-electron chi connectivity index (χ0n) is 9.45. The SMILES string of the molecule is CC(C)O[C@@H]1CCN(C(=O)CO)CC1(F)F. The fourth-order valence-electron chi connectivity index (χ4n) is 1.73. The lowest BCUT2D eigenvalue weighted by Crippen LogP contribution is -2.55. The Morgan fingerprint density at radius 2 is 2.25 bits per heavy atom. The van der Waals surface area contributed by atoms with Crippen LogP contribution in [0, 0.1) is 0 Å². The summed E-state index contributed by atoms with van der Waals surface area (Å²) in [5, 5.41) is 8.60. The summed E-state index contributed by atoms with van der Waals surface area (Å²) in [5.74, 6) is -3.71. The van der Waals surface area contributed by atoms with Crippen LogP contribution in [0.25, 0.3) is 0 Å². The van der Waals surface area contributed by atoms with E-state index in [4.69, 9.17) is 9.84 Å². The zero-order chi connectivity index (χ0) is 12.3.